The molecule has 11 heavy (non-hydrogen) atoms. The Kier molecular flexibility index (Phi) is 2.12. The molecule has 1 rings (SSSR count). The highest BCUT2D eigenvalue weighted by atomic mass is 15.0. The van der Waals surface area contributed by atoms with Crippen molar-refractivity contribution >= 4 is 5.82 Å². The molecule has 0 radical (unpaired) electrons. The predicted octanol–water partition coefficient (Wildman–Crippen LogP) is 0.498. The molecule has 0 fully saturated rings. The monoisotopic (exact) mass is 147 g/mol. The quantitative estimate of drug-likeness (QED) is 0.455. The van der Waals surface area contributed by atoms with E-state index in [4.69, 9.17) is 12.2 Å². The van der Waals surface area contributed by atoms with Gasteiger partial charge in [-0.25, -0.2) is 4.57 Å². The van der Waals surface area contributed by atoms with Crippen LogP contribution in [0.2, 0.25) is 0 Å². The Hall–Kier alpha value is -1.49. The molecule has 2 N–H and O–H groups in total. The number of terminal acetylenes is 1. The van der Waals surface area contributed by atoms with Gasteiger partial charge in [-0.15, -0.1) is 6.42 Å². The van der Waals surface area contributed by atoms with Gasteiger partial charge in [0.05, 0.1) is 6.20 Å². The number of aryl methyl sites for hydroxylation is 1. The summed E-state index contributed by atoms with van der Waals surface area (Å²) in [7, 11) is 0. The first-order chi connectivity index (χ1) is 5.24. The standard InChI is InChI=1S/C9H10N2/c1-3-5-11-6-4-8(2)7-9(11)10/h1,4,6-7,10H,5H2,2H3/p+1. The summed E-state index contributed by atoms with van der Waals surface area (Å²) in [6, 6.07) is 3.88. The van der Waals surface area contributed by atoms with E-state index in [9.17, 15) is 0 Å². The summed E-state index contributed by atoms with van der Waals surface area (Å²) in [4.78, 5) is 0. The molecule has 2 heteroatoms. The van der Waals surface area contributed by atoms with Crippen LogP contribution in [-0.4, -0.2) is 0 Å². The molecule has 2 nitrogen and oxygen atoms in total. The van der Waals surface area contributed by atoms with E-state index in [0.29, 0.717) is 12.4 Å². The van der Waals surface area contributed by atoms with E-state index in [2.05, 4.69) is 5.92 Å². The minimum Gasteiger partial charge on any atom is -0.287 e. The highest BCUT2D eigenvalue weighted by molar-refractivity contribution is 5.25. The number of pyridine rings is 1. The van der Waals surface area contributed by atoms with E-state index in [0.717, 1.165) is 5.56 Å². The van der Waals surface area contributed by atoms with Crippen molar-refractivity contribution in [3.8, 4) is 12.3 Å². The van der Waals surface area contributed by atoms with E-state index < -0.39 is 0 Å². The first-order valence-electron chi connectivity index (χ1n) is 3.43. The van der Waals surface area contributed by atoms with Crippen LogP contribution in [0.25, 0.3) is 0 Å². The van der Waals surface area contributed by atoms with Gasteiger partial charge in [0.25, 0.3) is 5.82 Å². The molecule has 0 aliphatic rings. The number of hydrogen-bond acceptors (Lipinski definition) is 1. The van der Waals surface area contributed by atoms with Crippen molar-refractivity contribution in [3.05, 3.63) is 23.9 Å². The van der Waals surface area contributed by atoms with E-state index in [1.807, 2.05) is 29.8 Å². The highest BCUT2D eigenvalue weighted by Crippen LogP contribution is 1.97. The van der Waals surface area contributed by atoms with Crippen LogP contribution in [0.1, 0.15) is 5.56 Å². The third-order valence-corrected chi connectivity index (χ3v) is 1.49. The Morgan fingerprint density at radius 1 is 1.73 bits per heavy atom. The second-order valence-corrected chi connectivity index (χ2v) is 2.46. The Morgan fingerprint density at radius 3 is 3.00 bits per heavy atom. The number of nitrogens with zero attached hydrogens (tertiary/aromatic N) is 1. The van der Waals surface area contributed by atoms with Crippen LogP contribution in [0, 0.1) is 19.3 Å². The van der Waals surface area contributed by atoms with Crippen LogP contribution in [0.3, 0.4) is 0 Å². The second-order valence-electron chi connectivity index (χ2n) is 2.46. The number of nitrogen functional groups attached to an aromatic ring is 1. The molecule has 0 aromatic carbocycles. The summed E-state index contributed by atoms with van der Waals surface area (Å²) in [5, 5.41) is 0. The molecule has 0 aliphatic carbocycles. The number of rotatable bonds is 1. The number of nitrogens with two attached hydrogens (primary N) is 1. The summed E-state index contributed by atoms with van der Waals surface area (Å²) >= 11 is 0. The van der Waals surface area contributed by atoms with Crippen molar-refractivity contribution in [3.63, 3.8) is 0 Å². The van der Waals surface area contributed by atoms with Crippen LogP contribution in [0.4, 0.5) is 5.82 Å². The first kappa shape index (κ1) is 7.62. The molecular weight excluding hydrogens is 136 g/mol. The van der Waals surface area contributed by atoms with Crippen LogP contribution in [0.5, 0.6) is 0 Å². The lowest BCUT2D eigenvalue weighted by Gasteiger charge is -1.98. The van der Waals surface area contributed by atoms with E-state index in [-0.39, 0.29) is 0 Å². The van der Waals surface area contributed by atoms with Crippen LogP contribution in [0.15, 0.2) is 18.3 Å². The van der Waals surface area contributed by atoms with Gasteiger partial charge in [-0.3, -0.25) is 5.73 Å². The van der Waals surface area contributed by atoms with Gasteiger partial charge in [-0.05, 0) is 18.6 Å². The average molecular weight is 147 g/mol. The number of anilines is 1. The van der Waals surface area contributed by atoms with Crippen molar-refractivity contribution in [2.24, 2.45) is 0 Å². The third kappa shape index (κ3) is 1.71. The molecule has 1 heterocycles. The molecule has 0 saturated heterocycles. The SMILES string of the molecule is C#CC[n+]1ccc(C)cc1N. The van der Waals surface area contributed by atoms with Crippen molar-refractivity contribution in [2.45, 2.75) is 13.5 Å². The molecule has 1 aromatic heterocycles. The minimum atomic E-state index is 0.534. The largest absolute Gasteiger partial charge is 0.287 e. The fourth-order valence-electron chi connectivity index (χ4n) is 0.900. The fraction of sp³-hybridized carbons (Fsp3) is 0.222. The van der Waals surface area contributed by atoms with Gasteiger partial charge in [0.2, 0.25) is 0 Å². The number of hydrogen-bond donors (Lipinski definition) is 1. The maximum atomic E-state index is 5.67. The smallest absolute Gasteiger partial charge is 0.273 e. The zero-order valence-corrected chi connectivity index (χ0v) is 6.54. The van der Waals surface area contributed by atoms with Crippen molar-refractivity contribution < 1.29 is 4.57 Å². The van der Waals surface area contributed by atoms with E-state index in [1.165, 1.54) is 0 Å². The van der Waals surface area contributed by atoms with Gasteiger partial charge in [0, 0.05) is 6.07 Å². The Morgan fingerprint density at radius 2 is 2.45 bits per heavy atom. The van der Waals surface area contributed by atoms with Crippen molar-refractivity contribution in [1.29, 1.82) is 0 Å². The maximum Gasteiger partial charge on any atom is 0.273 e. The average Bonchev–Trinajstić information content (AvgIpc) is 1.95. The zero-order valence-electron chi connectivity index (χ0n) is 6.54. The van der Waals surface area contributed by atoms with Crippen LogP contribution in [-0.2, 0) is 6.54 Å². The fourth-order valence-corrected chi connectivity index (χ4v) is 0.900. The lowest BCUT2D eigenvalue weighted by molar-refractivity contribution is -0.670. The Bertz CT molecular complexity index is 297. The molecule has 0 spiro atoms. The van der Waals surface area contributed by atoms with E-state index >= 15 is 0 Å². The summed E-state index contributed by atoms with van der Waals surface area (Å²) in [5.74, 6) is 3.24. The van der Waals surface area contributed by atoms with Gasteiger partial charge in [-0.2, -0.15) is 0 Å². The summed E-state index contributed by atoms with van der Waals surface area (Å²) < 4.78 is 1.83. The summed E-state index contributed by atoms with van der Waals surface area (Å²) in [6.45, 7) is 2.53. The van der Waals surface area contributed by atoms with Crippen LogP contribution < -0.4 is 10.3 Å². The van der Waals surface area contributed by atoms with Gasteiger partial charge in [0.1, 0.15) is 0 Å². The molecule has 0 aliphatic heterocycles. The molecule has 0 bridgehead atoms. The van der Waals surface area contributed by atoms with Crippen molar-refractivity contribution in [1.82, 2.24) is 0 Å². The normalized spacial score (nSPS) is 9.09. The molecular formula is C9H11N2+. The van der Waals surface area contributed by atoms with Crippen molar-refractivity contribution in [2.75, 3.05) is 5.73 Å². The Labute approximate surface area is 66.7 Å². The summed E-state index contributed by atoms with van der Waals surface area (Å²) in [5.41, 5.74) is 6.82. The Balaban J connectivity index is 3.01. The van der Waals surface area contributed by atoms with Gasteiger partial charge < -0.3 is 0 Å². The lowest BCUT2D eigenvalue weighted by atomic mass is 10.3. The maximum absolute atomic E-state index is 5.67. The molecule has 0 amide bonds. The van der Waals surface area contributed by atoms with E-state index in [1.54, 1.807) is 0 Å². The van der Waals surface area contributed by atoms with Crippen LogP contribution >= 0.6 is 0 Å². The first-order valence-corrected chi connectivity index (χ1v) is 3.43. The second kappa shape index (κ2) is 3.07. The van der Waals surface area contributed by atoms with Gasteiger partial charge in [-0.1, -0.05) is 5.92 Å². The van der Waals surface area contributed by atoms with Gasteiger partial charge >= 0.3 is 0 Å². The molecule has 0 unspecified atom stereocenters. The highest BCUT2D eigenvalue weighted by Gasteiger charge is 2.00. The minimum absolute atomic E-state index is 0.534. The molecule has 1 aromatic rings. The van der Waals surface area contributed by atoms with Gasteiger partial charge in [0.15, 0.2) is 6.54 Å². The zero-order chi connectivity index (χ0) is 8.27. The number of aromatic nitrogens is 1. The molecule has 0 atom stereocenters. The molecule has 56 valence electrons. The lowest BCUT2D eigenvalue weighted by Crippen LogP contribution is -2.36. The molecule has 0 saturated carbocycles. The predicted molar refractivity (Wildman–Crippen MR) is 44.6 cm³/mol. The summed E-state index contributed by atoms with van der Waals surface area (Å²) in [6.07, 6.45) is 7.03. The third-order valence-electron chi connectivity index (χ3n) is 1.49. The topological polar surface area (TPSA) is 29.9 Å².